The maximum Gasteiger partial charge on any atom is 0.226 e. The van der Waals surface area contributed by atoms with E-state index in [0.29, 0.717) is 11.6 Å². The normalized spacial score (nSPS) is 10.8. The van der Waals surface area contributed by atoms with Gasteiger partial charge in [0.15, 0.2) is 5.13 Å². The van der Waals surface area contributed by atoms with Crippen LogP contribution in [0.2, 0.25) is 0 Å². The molecule has 0 radical (unpaired) electrons. The Labute approximate surface area is 110 Å². The van der Waals surface area contributed by atoms with Crippen molar-refractivity contribution in [2.75, 3.05) is 18.8 Å². The van der Waals surface area contributed by atoms with Crippen LogP contribution in [0.5, 0.6) is 0 Å². The minimum atomic E-state index is 0.164. The molecule has 0 bridgehead atoms. The van der Waals surface area contributed by atoms with Crippen LogP contribution in [0, 0.1) is 0 Å². The lowest BCUT2D eigenvalue weighted by molar-refractivity contribution is -0.130. The van der Waals surface area contributed by atoms with Gasteiger partial charge in [0.1, 0.15) is 0 Å². The van der Waals surface area contributed by atoms with Crippen LogP contribution in [-0.4, -0.2) is 28.9 Å². The van der Waals surface area contributed by atoms with E-state index in [-0.39, 0.29) is 5.91 Å². The number of hydrogen-bond acceptors (Lipinski definition) is 4. The molecule has 0 aliphatic carbocycles. The minimum Gasteiger partial charge on any atom is -0.375 e. The van der Waals surface area contributed by atoms with E-state index in [1.165, 1.54) is 11.3 Å². The second-order valence-electron chi connectivity index (χ2n) is 4.10. The van der Waals surface area contributed by atoms with Gasteiger partial charge in [-0.05, 0) is 31.5 Å². The van der Waals surface area contributed by atoms with Crippen LogP contribution in [0.4, 0.5) is 5.13 Å². The second kappa shape index (κ2) is 5.35. The molecule has 1 aromatic heterocycles. The van der Waals surface area contributed by atoms with E-state index in [2.05, 4.69) is 4.98 Å². The zero-order valence-electron chi connectivity index (χ0n) is 10.6. The highest BCUT2D eigenvalue weighted by atomic mass is 32.1. The molecular formula is C13H17N3OS. The Morgan fingerprint density at radius 2 is 2.11 bits per heavy atom. The zero-order valence-corrected chi connectivity index (χ0v) is 11.5. The first-order chi connectivity index (χ1) is 8.63. The summed E-state index contributed by atoms with van der Waals surface area (Å²) < 4.78 is 1.04. The van der Waals surface area contributed by atoms with Crippen molar-refractivity contribution < 1.29 is 4.79 Å². The van der Waals surface area contributed by atoms with E-state index in [4.69, 9.17) is 5.73 Å². The number of carbonyl (C=O) groups excluding carboxylic acids is 1. The first kappa shape index (κ1) is 12.8. The number of fused-ring (bicyclic) bond motifs is 1. The van der Waals surface area contributed by atoms with Crippen LogP contribution in [0.3, 0.4) is 0 Å². The largest absolute Gasteiger partial charge is 0.375 e. The molecule has 1 heterocycles. The summed E-state index contributed by atoms with van der Waals surface area (Å²) in [6.45, 7) is 5.50. The Kier molecular flexibility index (Phi) is 3.81. The van der Waals surface area contributed by atoms with Crippen molar-refractivity contribution >= 4 is 32.6 Å². The average Bonchev–Trinajstić information content (AvgIpc) is 2.70. The third kappa shape index (κ3) is 2.61. The van der Waals surface area contributed by atoms with Crippen LogP contribution in [-0.2, 0) is 11.2 Å². The number of amides is 1. The third-order valence-corrected chi connectivity index (χ3v) is 3.79. The lowest BCUT2D eigenvalue weighted by atomic mass is 10.1. The third-order valence-electron chi connectivity index (χ3n) is 2.94. The number of likely N-dealkylation sites (N-methyl/N-ethyl adjacent to an activating group) is 1. The fourth-order valence-corrected chi connectivity index (χ4v) is 2.76. The molecule has 0 fully saturated rings. The minimum absolute atomic E-state index is 0.164. The predicted molar refractivity (Wildman–Crippen MR) is 75.7 cm³/mol. The van der Waals surface area contributed by atoms with Crippen molar-refractivity contribution in [3.8, 4) is 0 Å². The molecule has 18 heavy (non-hydrogen) atoms. The molecule has 0 aliphatic heterocycles. The summed E-state index contributed by atoms with van der Waals surface area (Å²) >= 11 is 1.46. The number of rotatable bonds is 4. The number of thiazole rings is 1. The van der Waals surface area contributed by atoms with Gasteiger partial charge in [-0.15, -0.1) is 0 Å². The molecule has 0 aliphatic rings. The van der Waals surface area contributed by atoms with E-state index in [9.17, 15) is 4.79 Å². The van der Waals surface area contributed by atoms with Gasteiger partial charge in [0.2, 0.25) is 5.91 Å². The molecule has 1 amide bonds. The molecule has 2 aromatic rings. The molecule has 2 N–H and O–H groups in total. The van der Waals surface area contributed by atoms with Crippen LogP contribution in [0.25, 0.3) is 10.2 Å². The number of nitrogens with zero attached hydrogens (tertiary/aromatic N) is 2. The van der Waals surface area contributed by atoms with Gasteiger partial charge in [0.05, 0.1) is 16.6 Å². The van der Waals surface area contributed by atoms with Crippen molar-refractivity contribution in [1.82, 2.24) is 9.88 Å². The van der Waals surface area contributed by atoms with E-state index in [0.717, 1.165) is 28.9 Å². The lowest BCUT2D eigenvalue weighted by Crippen LogP contribution is -2.31. The summed E-state index contributed by atoms with van der Waals surface area (Å²) in [5, 5.41) is 0.567. The highest BCUT2D eigenvalue weighted by Crippen LogP contribution is 2.24. The van der Waals surface area contributed by atoms with Crippen molar-refractivity contribution in [1.29, 1.82) is 0 Å². The maximum absolute atomic E-state index is 12.0. The SMILES string of the molecule is CCN(CC)C(=O)Cc1ccc2nc(N)sc2c1. The monoisotopic (exact) mass is 263 g/mol. The fourth-order valence-electron chi connectivity index (χ4n) is 1.96. The van der Waals surface area contributed by atoms with Crippen LogP contribution >= 0.6 is 11.3 Å². The highest BCUT2D eigenvalue weighted by Gasteiger charge is 2.11. The summed E-state index contributed by atoms with van der Waals surface area (Å²) in [5.41, 5.74) is 7.58. The Bertz CT molecular complexity index is 560. The number of anilines is 1. The zero-order chi connectivity index (χ0) is 13.1. The molecule has 0 spiro atoms. The maximum atomic E-state index is 12.0. The molecule has 96 valence electrons. The summed E-state index contributed by atoms with van der Waals surface area (Å²) in [6.07, 6.45) is 0.440. The van der Waals surface area contributed by atoms with E-state index >= 15 is 0 Å². The Morgan fingerprint density at radius 3 is 2.78 bits per heavy atom. The highest BCUT2D eigenvalue weighted by molar-refractivity contribution is 7.22. The summed E-state index contributed by atoms with van der Waals surface area (Å²) in [4.78, 5) is 18.0. The molecule has 5 heteroatoms. The van der Waals surface area contributed by atoms with Crippen LogP contribution in [0.1, 0.15) is 19.4 Å². The number of hydrogen-bond donors (Lipinski definition) is 1. The summed E-state index contributed by atoms with van der Waals surface area (Å²) in [5.74, 6) is 0.164. The van der Waals surface area contributed by atoms with Gasteiger partial charge in [-0.2, -0.15) is 0 Å². The average molecular weight is 263 g/mol. The van der Waals surface area contributed by atoms with Gasteiger partial charge < -0.3 is 10.6 Å². The number of aromatic nitrogens is 1. The first-order valence-corrected chi connectivity index (χ1v) is 6.88. The molecule has 0 saturated carbocycles. The molecule has 4 nitrogen and oxygen atoms in total. The van der Waals surface area contributed by atoms with Gasteiger partial charge in [-0.25, -0.2) is 4.98 Å². The Hall–Kier alpha value is -1.62. The Morgan fingerprint density at radius 1 is 1.39 bits per heavy atom. The van der Waals surface area contributed by atoms with Gasteiger partial charge in [-0.1, -0.05) is 17.4 Å². The predicted octanol–water partition coefficient (Wildman–Crippen LogP) is 2.29. The Balaban J connectivity index is 2.18. The fraction of sp³-hybridized carbons (Fsp3) is 0.385. The smallest absolute Gasteiger partial charge is 0.226 e. The van der Waals surface area contributed by atoms with Crippen molar-refractivity contribution in [3.63, 3.8) is 0 Å². The molecule has 0 unspecified atom stereocenters. The number of nitrogen functional groups attached to an aromatic ring is 1. The first-order valence-electron chi connectivity index (χ1n) is 6.06. The van der Waals surface area contributed by atoms with Gasteiger partial charge >= 0.3 is 0 Å². The lowest BCUT2D eigenvalue weighted by Gasteiger charge is -2.18. The topological polar surface area (TPSA) is 59.2 Å². The van der Waals surface area contributed by atoms with Gasteiger partial charge in [-0.3, -0.25) is 4.79 Å². The van der Waals surface area contributed by atoms with Crippen molar-refractivity contribution in [2.45, 2.75) is 20.3 Å². The van der Waals surface area contributed by atoms with Crippen LogP contribution < -0.4 is 5.73 Å². The second-order valence-corrected chi connectivity index (χ2v) is 5.16. The molecule has 0 saturated heterocycles. The van der Waals surface area contributed by atoms with E-state index in [1.54, 1.807) is 0 Å². The molecule has 1 aromatic carbocycles. The molecule has 0 atom stereocenters. The molecular weight excluding hydrogens is 246 g/mol. The van der Waals surface area contributed by atoms with Gasteiger partial charge in [0, 0.05) is 13.1 Å². The summed E-state index contributed by atoms with van der Waals surface area (Å²) in [7, 11) is 0. The van der Waals surface area contributed by atoms with Crippen molar-refractivity contribution in [3.05, 3.63) is 23.8 Å². The van der Waals surface area contributed by atoms with Gasteiger partial charge in [0.25, 0.3) is 0 Å². The van der Waals surface area contributed by atoms with E-state index in [1.807, 2.05) is 36.9 Å². The number of benzene rings is 1. The quantitative estimate of drug-likeness (QED) is 0.920. The standard InChI is InChI=1S/C13H17N3OS/c1-3-16(4-2)12(17)8-9-5-6-10-11(7-9)18-13(14)15-10/h5-7H,3-4,8H2,1-2H3,(H2,14,15). The van der Waals surface area contributed by atoms with Crippen LogP contribution in [0.15, 0.2) is 18.2 Å². The molecule has 2 rings (SSSR count). The van der Waals surface area contributed by atoms with E-state index < -0.39 is 0 Å². The van der Waals surface area contributed by atoms with Crippen molar-refractivity contribution in [2.24, 2.45) is 0 Å². The number of carbonyl (C=O) groups is 1. The summed E-state index contributed by atoms with van der Waals surface area (Å²) in [6, 6.07) is 5.88. The number of nitrogens with two attached hydrogens (primary N) is 1.